The molecule has 0 amide bonds. The molecule has 0 aliphatic carbocycles. The smallest absolute Gasteiger partial charge is 0.227 e. The molecule has 0 spiro atoms. The number of hydrogen-bond acceptors (Lipinski definition) is 4. The maximum atomic E-state index is 5.24. The fourth-order valence-electron chi connectivity index (χ4n) is 0.565. The standard InChI is InChI=1S/C5H9N3O/c1-4-7-5(2-3-6)9-8-4/h2-3,6H2,1H3. The second kappa shape index (κ2) is 2.59. The maximum Gasteiger partial charge on any atom is 0.227 e. The van der Waals surface area contributed by atoms with Crippen LogP contribution in [0.5, 0.6) is 0 Å². The van der Waals surface area contributed by atoms with E-state index in [1.165, 1.54) is 0 Å². The van der Waals surface area contributed by atoms with E-state index in [1.807, 2.05) is 0 Å². The van der Waals surface area contributed by atoms with E-state index in [9.17, 15) is 0 Å². The van der Waals surface area contributed by atoms with Crippen molar-refractivity contribution in [3.8, 4) is 0 Å². The Morgan fingerprint density at radius 3 is 2.89 bits per heavy atom. The summed E-state index contributed by atoms with van der Waals surface area (Å²) >= 11 is 0. The molecule has 0 aliphatic rings. The number of nitrogens with zero attached hydrogens (tertiary/aromatic N) is 2. The average Bonchev–Trinajstić information content (AvgIpc) is 2.17. The second-order valence-corrected chi connectivity index (χ2v) is 1.77. The van der Waals surface area contributed by atoms with Crippen molar-refractivity contribution in [1.82, 2.24) is 10.1 Å². The summed E-state index contributed by atoms with van der Waals surface area (Å²) in [5.41, 5.74) is 5.24. The van der Waals surface area contributed by atoms with Gasteiger partial charge >= 0.3 is 0 Å². The number of rotatable bonds is 2. The molecule has 9 heavy (non-hydrogen) atoms. The Hall–Kier alpha value is -0.900. The van der Waals surface area contributed by atoms with Crippen molar-refractivity contribution in [2.45, 2.75) is 13.3 Å². The molecule has 0 saturated carbocycles. The molecule has 0 aromatic carbocycles. The number of aryl methyl sites for hydroxylation is 1. The van der Waals surface area contributed by atoms with E-state index in [4.69, 9.17) is 10.3 Å². The minimum absolute atomic E-state index is 0.557. The number of aromatic nitrogens is 2. The van der Waals surface area contributed by atoms with Crippen LogP contribution in [0.4, 0.5) is 0 Å². The molecule has 0 fully saturated rings. The second-order valence-electron chi connectivity index (χ2n) is 1.77. The summed E-state index contributed by atoms with van der Waals surface area (Å²) in [5.74, 6) is 1.29. The van der Waals surface area contributed by atoms with Gasteiger partial charge in [0.1, 0.15) is 0 Å². The summed E-state index contributed by atoms with van der Waals surface area (Å²) < 4.78 is 4.76. The first-order valence-electron chi connectivity index (χ1n) is 2.82. The van der Waals surface area contributed by atoms with Crippen LogP contribution in [0.3, 0.4) is 0 Å². The third-order valence-corrected chi connectivity index (χ3v) is 0.928. The van der Waals surface area contributed by atoms with E-state index in [0.29, 0.717) is 24.7 Å². The van der Waals surface area contributed by atoms with Crippen molar-refractivity contribution in [2.75, 3.05) is 6.54 Å². The van der Waals surface area contributed by atoms with Gasteiger partial charge in [-0.3, -0.25) is 0 Å². The van der Waals surface area contributed by atoms with E-state index in [0.717, 1.165) is 0 Å². The van der Waals surface area contributed by atoms with Gasteiger partial charge in [0, 0.05) is 13.0 Å². The van der Waals surface area contributed by atoms with Crippen LogP contribution < -0.4 is 5.73 Å². The van der Waals surface area contributed by atoms with Crippen molar-refractivity contribution in [1.29, 1.82) is 0 Å². The highest BCUT2D eigenvalue weighted by atomic mass is 16.5. The zero-order valence-electron chi connectivity index (χ0n) is 5.29. The predicted molar refractivity (Wildman–Crippen MR) is 31.8 cm³/mol. The highest BCUT2D eigenvalue weighted by Gasteiger charge is 1.98. The van der Waals surface area contributed by atoms with Gasteiger partial charge in [0.05, 0.1) is 0 Å². The first kappa shape index (κ1) is 6.22. The fraction of sp³-hybridized carbons (Fsp3) is 0.600. The van der Waals surface area contributed by atoms with Gasteiger partial charge in [-0.2, -0.15) is 4.98 Å². The Morgan fingerprint density at radius 1 is 1.67 bits per heavy atom. The molecule has 0 unspecified atom stereocenters. The van der Waals surface area contributed by atoms with Gasteiger partial charge in [0.25, 0.3) is 0 Å². The third-order valence-electron chi connectivity index (χ3n) is 0.928. The van der Waals surface area contributed by atoms with E-state index >= 15 is 0 Å². The highest BCUT2D eigenvalue weighted by Crippen LogP contribution is 1.94. The zero-order chi connectivity index (χ0) is 6.69. The van der Waals surface area contributed by atoms with Gasteiger partial charge in [-0.15, -0.1) is 0 Å². The molecular formula is C5H9N3O. The van der Waals surface area contributed by atoms with E-state index in [2.05, 4.69) is 10.1 Å². The monoisotopic (exact) mass is 127 g/mol. The van der Waals surface area contributed by atoms with Crippen LogP contribution in [0, 0.1) is 6.92 Å². The predicted octanol–water partition coefficient (Wildman–Crippen LogP) is -0.121. The topological polar surface area (TPSA) is 64.9 Å². The van der Waals surface area contributed by atoms with Crippen molar-refractivity contribution < 1.29 is 4.52 Å². The van der Waals surface area contributed by atoms with E-state index in [1.54, 1.807) is 6.92 Å². The van der Waals surface area contributed by atoms with Gasteiger partial charge in [-0.1, -0.05) is 5.16 Å². The average molecular weight is 127 g/mol. The summed E-state index contributed by atoms with van der Waals surface area (Å²) in [6.45, 7) is 2.34. The third kappa shape index (κ3) is 1.50. The van der Waals surface area contributed by atoms with Crippen LogP contribution in [0.1, 0.15) is 11.7 Å². The van der Waals surface area contributed by atoms with Gasteiger partial charge in [0.15, 0.2) is 5.82 Å². The molecule has 4 nitrogen and oxygen atoms in total. The van der Waals surface area contributed by atoms with Crippen molar-refractivity contribution in [3.63, 3.8) is 0 Å². The normalized spacial score (nSPS) is 10.0. The fourth-order valence-corrected chi connectivity index (χ4v) is 0.565. The minimum Gasteiger partial charge on any atom is -0.339 e. The lowest BCUT2D eigenvalue weighted by Gasteiger charge is -1.82. The molecule has 1 aromatic rings. The van der Waals surface area contributed by atoms with Crippen molar-refractivity contribution >= 4 is 0 Å². The Kier molecular flexibility index (Phi) is 1.79. The molecule has 0 saturated heterocycles. The van der Waals surface area contributed by atoms with Crippen LogP contribution in [0.15, 0.2) is 4.52 Å². The summed E-state index contributed by atoms with van der Waals surface area (Å²) in [4.78, 5) is 3.94. The quantitative estimate of drug-likeness (QED) is 0.601. The zero-order valence-corrected chi connectivity index (χ0v) is 5.29. The minimum atomic E-state index is 0.557. The number of hydrogen-bond donors (Lipinski definition) is 1. The maximum absolute atomic E-state index is 5.24. The Morgan fingerprint density at radius 2 is 2.44 bits per heavy atom. The van der Waals surface area contributed by atoms with Crippen LogP contribution in [0.25, 0.3) is 0 Å². The van der Waals surface area contributed by atoms with E-state index in [-0.39, 0.29) is 0 Å². The SMILES string of the molecule is Cc1noc(CCN)n1. The summed E-state index contributed by atoms with van der Waals surface area (Å²) in [7, 11) is 0. The van der Waals surface area contributed by atoms with Crippen LogP contribution in [-0.2, 0) is 6.42 Å². The number of nitrogens with two attached hydrogens (primary N) is 1. The first-order valence-corrected chi connectivity index (χ1v) is 2.82. The molecule has 1 rings (SSSR count). The van der Waals surface area contributed by atoms with Crippen molar-refractivity contribution in [3.05, 3.63) is 11.7 Å². The Labute approximate surface area is 53.1 Å². The summed E-state index contributed by atoms with van der Waals surface area (Å²) in [6.07, 6.45) is 0.668. The van der Waals surface area contributed by atoms with Crippen molar-refractivity contribution in [2.24, 2.45) is 5.73 Å². The summed E-state index contributed by atoms with van der Waals surface area (Å²) in [6, 6.07) is 0. The van der Waals surface area contributed by atoms with Crippen LogP contribution in [-0.4, -0.2) is 16.7 Å². The lowest BCUT2D eigenvalue weighted by atomic mass is 10.4. The summed E-state index contributed by atoms with van der Waals surface area (Å²) in [5, 5.41) is 3.59. The highest BCUT2D eigenvalue weighted by molar-refractivity contribution is 4.82. The molecule has 0 radical (unpaired) electrons. The molecule has 1 heterocycles. The van der Waals surface area contributed by atoms with E-state index < -0.39 is 0 Å². The van der Waals surface area contributed by atoms with Crippen LogP contribution in [0.2, 0.25) is 0 Å². The molecule has 1 aromatic heterocycles. The first-order chi connectivity index (χ1) is 4.33. The molecule has 0 atom stereocenters. The largest absolute Gasteiger partial charge is 0.339 e. The molecule has 50 valence electrons. The molecule has 0 aliphatic heterocycles. The van der Waals surface area contributed by atoms with Gasteiger partial charge < -0.3 is 10.3 Å². The molecule has 0 bridgehead atoms. The Bertz CT molecular complexity index is 184. The molecule has 4 heteroatoms. The van der Waals surface area contributed by atoms with Crippen LogP contribution >= 0.6 is 0 Å². The molecule has 2 N–H and O–H groups in total. The van der Waals surface area contributed by atoms with Gasteiger partial charge in [-0.25, -0.2) is 0 Å². The molecular weight excluding hydrogens is 118 g/mol. The Balaban J connectivity index is 2.61. The van der Waals surface area contributed by atoms with Gasteiger partial charge in [-0.05, 0) is 6.92 Å². The van der Waals surface area contributed by atoms with Gasteiger partial charge in [0.2, 0.25) is 5.89 Å². The lowest BCUT2D eigenvalue weighted by molar-refractivity contribution is 0.376. The lowest BCUT2D eigenvalue weighted by Crippen LogP contribution is -2.02.